The van der Waals surface area contributed by atoms with Crippen LogP contribution in [0.5, 0.6) is 17.2 Å². The van der Waals surface area contributed by atoms with Crippen molar-refractivity contribution < 1.29 is 19.4 Å². The fourth-order valence-corrected chi connectivity index (χ4v) is 4.13. The lowest BCUT2D eigenvalue weighted by atomic mass is 10.3. The molecule has 35 heavy (non-hydrogen) atoms. The molecule has 4 rings (SSSR count). The standard InChI is InChI=1S/C25H25N5O4S/c1-33-20-12-10-17(11-13-20)26-15-23-28-29-25(30(23)21-8-3-4-9-22(21)34-2)35-16-24(32)27-18-6-5-7-19(31)14-18/h3-14,26,31H,15-16H2,1-2H3,(H,27,32). The lowest BCUT2D eigenvalue weighted by Crippen LogP contribution is -2.15. The minimum Gasteiger partial charge on any atom is -0.508 e. The van der Waals surface area contributed by atoms with Gasteiger partial charge in [0.15, 0.2) is 11.0 Å². The van der Waals surface area contributed by atoms with Crippen LogP contribution in [-0.4, -0.2) is 45.8 Å². The number of phenolic OH excluding ortho intramolecular Hbond substituents is 1. The number of benzene rings is 3. The third kappa shape index (κ3) is 6.04. The summed E-state index contributed by atoms with van der Waals surface area (Å²) in [6.45, 7) is 0.396. The van der Waals surface area contributed by atoms with Gasteiger partial charge in [-0.3, -0.25) is 9.36 Å². The molecular formula is C25H25N5O4S. The van der Waals surface area contributed by atoms with E-state index in [-0.39, 0.29) is 17.4 Å². The minimum absolute atomic E-state index is 0.0837. The number of nitrogens with one attached hydrogen (secondary N) is 2. The molecule has 0 aliphatic heterocycles. The predicted molar refractivity (Wildman–Crippen MR) is 136 cm³/mol. The Morgan fingerprint density at radius 2 is 1.77 bits per heavy atom. The van der Waals surface area contributed by atoms with Crippen LogP contribution < -0.4 is 20.1 Å². The Morgan fingerprint density at radius 3 is 2.51 bits per heavy atom. The van der Waals surface area contributed by atoms with E-state index in [4.69, 9.17) is 9.47 Å². The SMILES string of the molecule is COc1ccc(NCc2nnc(SCC(=O)Nc3cccc(O)c3)n2-c2ccccc2OC)cc1. The van der Waals surface area contributed by atoms with Gasteiger partial charge in [0, 0.05) is 17.4 Å². The zero-order valence-electron chi connectivity index (χ0n) is 19.3. The van der Waals surface area contributed by atoms with Crippen LogP contribution in [0.15, 0.2) is 78.0 Å². The molecule has 0 saturated carbocycles. The Kier molecular flexibility index (Phi) is 7.74. The molecule has 1 aromatic heterocycles. The number of rotatable bonds is 10. The molecular weight excluding hydrogens is 466 g/mol. The number of amides is 1. The van der Waals surface area contributed by atoms with E-state index in [1.165, 1.54) is 17.8 Å². The maximum Gasteiger partial charge on any atom is 0.234 e. The lowest BCUT2D eigenvalue weighted by molar-refractivity contribution is -0.113. The van der Waals surface area contributed by atoms with Crippen molar-refractivity contribution in [2.45, 2.75) is 11.7 Å². The topological polar surface area (TPSA) is 111 Å². The summed E-state index contributed by atoms with van der Waals surface area (Å²) in [5, 5.41) is 25.0. The molecule has 1 heterocycles. The van der Waals surface area contributed by atoms with Crippen molar-refractivity contribution in [1.29, 1.82) is 0 Å². The van der Waals surface area contributed by atoms with Gasteiger partial charge >= 0.3 is 0 Å². The van der Waals surface area contributed by atoms with Crippen LogP contribution in [-0.2, 0) is 11.3 Å². The first-order chi connectivity index (χ1) is 17.1. The van der Waals surface area contributed by atoms with Crippen molar-refractivity contribution in [3.05, 3.63) is 78.6 Å². The highest BCUT2D eigenvalue weighted by atomic mass is 32.2. The quantitative estimate of drug-likeness (QED) is 0.281. The summed E-state index contributed by atoms with van der Waals surface area (Å²) in [5.41, 5.74) is 2.19. The van der Waals surface area contributed by atoms with Gasteiger partial charge in [0.25, 0.3) is 0 Å². The molecule has 0 spiro atoms. The number of phenols is 1. The van der Waals surface area contributed by atoms with Crippen LogP contribution in [0.3, 0.4) is 0 Å². The van der Waals surface area contributed by atoms with E-state index < -0.39 is 0 Å². The summed E-state index contributed by atoms with van der Waals surface area (Å²) in [6.07, 6.45) is 0. The molecule has 0 saturated heterocycles. The van der Waals surface area contributed by atoms with E-state index in [1.807, 2.05) is 53.1 Å². The van der Waals surface area contributed by atoms with Crippen LogP contribution in [0, 0.1) is 0 Å². The molecule has 0 fully saturated rings. The highest BCUT2D eigenvalue weighted by molar-refractivity contribution is 7.99. The number of nitrogens with zero attached hydrogens (tertiary/aromatic N) is 3. The summed E-state index contributed by atoms with van der Waals surface area (Å²) in [7, 11) is 3.23. The smallest absolute Gasteiger partial charge is 0.234 e. The molecule has 9 nitrogen and oxygen atoms in total. The van der Waals surface area contributed by atoms with E-state index in [9.17, 15) is 9.90 Å². The zero-order chi connectivity index (χ0) is 24.6. The molecule has 0 unspecified atom stereocenters. The number of anilines is 2. The Bertz CT molecular complexity index is 1290. The van der Waals surface area contributed by atoms with Gasteiger partial charge in [-0.25, -0.2) is 0 Å². The number of aromatic hydroxyl groups is 1. The largest absolute Gasteiger partial charge is 0.508 e. The van der Waals surface area contributed by atoms with Gasteiger partial charge in [0.2, 0.25) is 5.91 Å². The second-order valence-electron chi connectivity index (χ2n) is 7.38. The average molecular weight is 492 g/mol. The van der Waals surface area contributed by atoms with Crippen molar-refractivity contribution >= 4 is 29.0 Å². The fourth-order valence-electron chi connectivity index (χ4n) is 3.37. The monoisotopic (exact) mass is 491 g/mol. The first-order valence-electron chi connectivity index (χ1n) is 10.7. The van der Waals surface area contributed by atoms with Gasteiger partial charge in [-0.2, -0.15) is 0 Å². The van der Waals surface area contributed by atoms with Gasteiger partial charge in [-0.05, 0) is 48.5 Å². The number of hydrogen-bond acceptors (Lipinski definition) is 8. The maximum absolute atomic E-state index is 12.5. The molecule has 0 atom stereocenters. The van der Waals surface area contributed by atoms with E-state index >= 15 is 0 Å². The van der Waals surface area contributed by atoms with E-state index in [1.54, 1.807) is 32.4 Å². The average Bonchev–Trinajstić information content (AvgIpc) is 3.29. The summed E-state index contributed by atoms with van der Waals surface area (Å²) in [6, 6.07) is 21.6. The fraction of sp³-hybridized carbons (Fsp3) is 0.160. The second-order valence-corrected chi connectivity index (χ2v) is 8.32. The summed E-state index contributed by atoms with van der Waals surface area (Å²) in [4.78, 5) is 12.5. The number of methoxy groups -OCH3 is 2. The minimum atomic E-state index is -0.229. The van der Waals surface area contributed by atoms with Crippen LogP contribution in [0.2, 0.25) is 0 Å². The van der Waals surface area contributed by atoms with Gasteiger partial charge in [0.05, 0.1) is 32.2 Å². The van der Waals surface area contributed by atoms with Gasteiger partial charge in [0.1, 0.15) is 17.2 Å². The Morgan fingerprint density at radius 1 is 0.971 bits per heavy atom. The number of carbonyl (C=O) groups excluding carboxylic acids is 1. The number of aromatic nitrogens is 3. The van der Waals surface area contributed by atoms with Crippen molar-refractivity contribution in [1.82, 2.24) is 14.8 Å². The lowest BCUT2D eigenvalue weighted by Gasteiger charge is -2.14. The number of thioether (sulfide) groups is 1. The number of para-hydroxylation sites is 2. The number of hydrogen-bond donors (Lipinski definition) is 3. The highest BCUT2D eigenvalue weighted by Crippen LogP contribution is 2.29. The number of ether oxygens (including phenoxy) is 2. The van der Waals surface area contributed by atoms with E-state index in [0.29, 0.717) is 29.0 Å². The molecule has 3 N–H and O–H groups in total. The van der Waals surface area contributed by atoms with Gasteiger partial charge in [-0.1, -0.05) is 30.0 Å². The van der Waals surface area contributed by atoms with Crippen LogP contribution >= 0.6 is 11.8 Å². The van der Waals surface area contributed by atoms with Crippen molar-refractivity contribution in [2.24, 2.45) is 0 Å². The highest BCUT2D eigenvalue weighted by Gasteiger charge is 2.18. The normalized spacial score (nSPS) is 10.6. The maximum atomic E-state index is 12.5. The third-order valence-corrected chi connectivity index (χ3v) is 5.96. The molecule has 0 bridgehead atoms. The Hall–Kier alpha value is -4.18. The predicted octanol–water partition coefficient (Wildman–Crippen LogP) is 4.33. The molecule has 10 heteroatoms. The van der Waals surface area contributed by atoms with Gasteiger partial charge < -0.3 is 25.2 Å². The van der Waals surface area contributed by atoms with Crippen LogP contribution in [0.25, 0.3) is 5.69 Å². The first kappa shape index (κ1) is 24.0. The first-order valence-corrected chi connectivity index (χ1v) is 11.7. The van der Waals surface area contributed by atoms with E-state index in [2.05, 4.69) is 20.8 Å². The number of carbonyl (C=O) groups is 1. The van der Waals surface area contributed by atoms with E-state index in [0.717, 1.165) is 17.1 Å². The summed E-state index contributed by atoms with van der Waals surface area (Å²) < 4.78 is 12.6. The molecule has 0 radical (unpaired) electrons. The molecule has 3 aromatic carbocycles. The van der Waals surface area contributed by atoms with Crippen molar-refractivity contribution in [3.63, 3.8) is 0 Å². The van der Waals surface area contributed by atoms with Crippen LogP contribution in [0.1, 0.15) is 5.82 Å². The molecule has 1 amide bonds. The Balaban J connectivity index is 1.54. The van der Waals surface area contributed by atoms with Gasteiger partial charge in [-0.15, -0.1) is 10.2 Å². The Labute approximate surface area is 207 Å². The van der Waals surface area contributed by atoms with Crippen molar-refractivity contribution in [2.75, 3.05) is 30.6 Å². The molecule has 0 aliphatic carbocycles. The zero-order valence-corrected chi connectivity index (χ0v) is 20.1. The van der Waals surface area contributed by atoms with Crippen molar-refractivity contribution in [3.8, 4) is 22.9 Å². The molecule has 4 aromatic rings. The third-order valence-electron chi connectivity index (χ3n) is 5.03. The summed E-state index contributed by atoms with van der Waals surface area (Å²) >= 11 is 1.26. The van der Waals surface area contributed by atoms with Crippen LogP contribution in [0.4, 0.5) is 11.4 Å². The molecule has 0 aliphatic rings. The molecule has 180 valence electrons. The summed E-state index contributed by atoms with van der Waals surface area (Å²) in [5.74, 6) is 2.05. The second kappa shape index (κ2) is 11.3.